The molecule has 2 N–H and O–H groups in total. The van der Waals surface area contributed by atoms with Crippen LogP contribution in [0.3, 0.4) is 0 Å². The fourth-order valence-corrected chi connectivity index (χ4v) is 6.26. The fraction of sp³-hybridized carbons (Fsp3) is 0.519. The summed E-state index contributed by atoms with van der Waals surface area (Å²) in [5.74, 6) is -1.34. The summed E-state index contributed by atoms with van der Waals surface area (Å²) in [6.45, 7) is 7.81. The van der Waals surface area contributed by atoms with Crippen LogP contribution in [0.2, 0.25) is 0 Å². The number of fused-ring (bicyclic) bond motifs is 3. The second kappa shape index (κ2) is 8.82. The smallest absolute Gasteiger partial charge is 0.328 e. The molecule has 2 aromatic rings. The predicted molar refractivity (Wildman–Crippen MR) is 133 cm³/mol. The van der Waals surface area contributed by atoms with E-state index in [1.165, 1.54) is 23.8 Å². The lowest BCUT2D eigenvalue weighted by molar-refractivity contribution is -0.146. The summed E-state index contributed by atoms with van der Waals surface area (Å²) in [6.07, 6.45) is 5.20. The number of nitrogens with one attached hydrogen (secondary N) is 2. The van der Waals surface area contributed by atoms with Crippen molar-refractivity contribution in [2.24, 2.45) is 11.3 Å². The average molecular weight is 479 g/mol. The molecule has 8 nitrogen and oxygen atoms in total. The maximum atomic E-state index is 13.6. The first-order valence-corrected chi connectivity index (χ1v) is 12.5. The molecule has 0 unspecified atom stereocenters. The first kappa shape index (κ1) is 23.6. The van der Waals surface area contributed by atoms with Gasteiger partial charge in [-0.15, -0.1) is 0 Å². The van der Waals surface area contributed by atoms with E-state index in [0.717, 1.165) is 37.9 Å². The number of hydrogen-bond acceptors (Lipinski definition) is 5. The van der Waals surface area contributed by atoms with Gasteiger partial charge in [-0.1, -0.05) is 39.0 Å². The summed E-state index contributed by atoms with van der Waals surface area (Å²) < 4.78 is 6.91. The van der Waals surface area contributed by atoms with Crippen LogP contribution in [0.25, 0.3) is 16.6 Å². The molecule has 2 amide bonds. The zero-order valence-corrected chi connectivity index (χ0v) is 20.9. The molecule has 0 radical (unpaired) electrons. The van der Waals surface area contributed by atoms with Gasteiger partial charge in [-0.3, -0.25) is 14.5 Å². The van der Waals surface area contributed by atoms with E-state index in [4.69, 9.17) is 4.74 Å². The van der Waals surface area contributed by atoms with Crippen LogP contribution in [0.15, 0.2) is 30.3 Å². The van der Waals surface area contributed by atoms with Crippen molar-refractivity contribution in [1.29, 1.82) is 0 Å². The Hall–Kier alpha value is -3.13. The molecule has 0 spiro atoms. The number of benzene rings is 1. The number of hydrogen-bond donors (Lipinski definition) is 2. The number of rotatable bonds is 6. The molecule has 5 rings (SSSR count). The Bertz CT molecular complexity index is 1230. The van der Waals surface area contributed by atoms with Gasteiger partial charge >= 0.3 is 5.97 Å². The number of carbonyl (C=O) groups is 3. The number of carbonyl (C=O) groups excluding carboxylic acids is 3. The van der Waals surface area contributed by atoms with Gasteiger partial charge in [0.15, 0.2) is 0 Å². The molecule has 3 aliphatic heterocycles. The molecule has 3 aliphatic rings. The van der Waals surface area contributed by atoms with Gasteiger partial charge < -0.3 is 19.9 Å². The SMILES string of the molecule is COC(=O)[C@@H](NC(=O)CNC(=O)C1=C[C@]2(C)CCCN3CCc4c(n1c1ccccc41)[C@@H]32)C(C)C. The molecule has 1 aromatic heterocycles. The molecule has 1 aromatic carbocycles. The number of amides is 2. The minimum absolute atomic E-state index is 0.132. The molecule has 0 bridgehead atoms. The van der Waals surface area contributed by atoms with Crippen molar-refractivity contribution < 1.29 is 19.1 Å². The third-order valence-corrected chi connectivity index (χ3v) is 7.87. The Morgan fingerprint density at radius 1 is 1.20 bits per heavy atom. The molecule has 4 heterocycles. The summed E-state index contributed by atoms with van der Waals surface area (Å²) in [4.78, 5) is 40.7. The summed E-state index contributed by atoms with van der Waals surface area (Å²) in [5.41, 5.74) is 4.01. The molecule has 186 valence electrons. The molecular weight excluding hydrogens is 444 g/mol. The van der Waals surface area contributed by atoms with Gasteiger partial charge in [-0.25, -0.2) is 4.79 Å². The number of methoxy groups -OCH3 is 1. The second-order valence-corrected chi connectivity index (χ2v) is 10.5. The molecule has 1 fully saturated rings. The number of nitrogens with zero attached hydrogens (tertiary/aromatic N) is 2. The highest BCUT2D eigenvalue weighted by Gasteiger charge is 2.49. The van der Waals surface area contributed by atoms with Gasteiger partial charge in [0.1, 0.15) is 11.7 Å². The third kappa shape index (κ3) is 3.84. The minimum Gasteiger partial charge on any atom is -0.467 e. The van der Waals surface area contributed by atoms with Crippen LogP contribution in [0, 0.1) is 11.3 Å². The topological polar surface area (TPSA) is 92.7 Å². The van der Waals surface area contributed by atoms with Gasteiger partial charge in [0, 0.05) is 23.0 Å². The monoisotopic (exact) mass is 478 g/mol. The molecule has 1 saturated heterocycles. The van der Waals surface area contributed by atoms with E-state index in [1.807, 2.05) is 19.9 Å². The van der Waals surface area contributed by atoms with Gasteiger partial charge in [0.25, 0.3) is 5.91 Å². The number of esters is 1. The Kier molecular flexibility index (Phi) is 5.95. The zero-order chi connectivity index (χ0) is 24.9. The minimum atomic E-state index is -0.758. The first-order valence-electron chi connectivity index (χ1n) is 12.5. The van der Waals surface area contributed by atoms with E-state index in [0.29, 0.717) is 5.70 Å². The third-order valence-electron chi connectivity index (χ3n) is 7.87. The average Bonchev–Trinajstić information content (AvgIpc) is 3.18. The molecule has 0 saturated carbocycles. The fourth-order valence-electron chi connectivity index (χ4n) is 6.26. The van der Waals surface area contributed by atoms with Crippen LogP contribution in [0.5, 0.6) is 0 Å². The predicted octanol–water partition coefficient (Wildman–Crippen LogP) is 2.63. The van der Waals surface area contributed by atoms with Crippen molar-refractivity contribution in [3.05, 3.63) is 41.6 Å². The summed E-state index contributed by atoms with van der Waals surface area (Å²) in [6, 6.07) is 7.77. The number of ether oxygens (including phenoxy) is 1. The van der Waals surface area contributed by atoms with E-state index in [9.17, 15) is 14.4 Å². The number of para-hydroxylation sites is 1. The summed E-state index contributed by atoms with van der Waals surface area (Å²) in [5, 5.41) is 6.69. The normalized spacial score (nSPS) is 23.9. The number of piperidine rings is 1. The second-order valence-electron chi connectivity index (χ2n) is 10.5. The molecule has 8 heteroatoms. The van der Waals surface area contributed by atoms with E-state index < -0.39 is 17.9 Å². The van der Waals surface area contributed by atoms with Crippen molar-refractivity contribution in [2.45, 2.75) is 52.1 Å². The Balaban J connectivity index is 1.45. The van der Waals surface area contributed by atoms with Crippen LogP contribution < -0.4 is 10.6 Å². The standard InChI is InChI=1S/C27H34N4O4/c1-16(2)22(26(34)35-4)29-21(32)15-28-25(33)20-14-27(3)11-7-12-30-13-10-18-17-8-5-6-9-19(17)31(20)23(18)24(27)30/h5-6,8-9,14,16,22,24H,7,10-13,15H2,1-4H3,(H,28,33)(H,29,32)/t22-,24+,27-/m0/s1. The maximum Gasteiger partial charge on any atom is 0.328 e. The van der Waals surface area contributed by atoms with Gasteiger partial charge in [-0.05, 0) is 49.4 Å². The lowest BCUT2D eigenvalue weighted by Gasteiger charge is -2.52. The molecule has 3 atom stereocenters. The molecular formula is C27H34N4O4. The highest BCUT2D eigenvalue weighted by molar-refractivity contribution is 6.17. The van der Waals surface area contributed by atoms with Gasteiger partial charge in [-0.2, -0.15) is 0 Å². The highest BCUT2D eigenvalue weighted by Crippen LogP contribution is 2.55. The van der Waals surface area contributed by atoms with E-state index in [-0.39, 0.29) is 29.8 Å². The van der Waals surface area contributed by atoms with Crippen LogP contribution in [0.1, 0.15) is 50.9 Å². The first-order chi connectivity index (χ1) is 16.7. The van der Waals surface area contributed by atoms with Crippen molar-refractivity contribution in [2.75, 3.05) is 26.7 Å². The van der Waals surface area contributed by atoms with Crippen molar-refractivity contribution >= 4 is 34.4 Å². The Labute approximate surface area is 205 Å². The highest BCUT2D eigenvalue weighted by atomic mass is 16.5. The lowest BCUT2D eigenvalue weighted by atomic mass is 9.69. The van der Waals surface area contributed by atoms with Crippen LogP contribution in [-0.4, -0.2) is 60.0 Å². The largest absolute Gasteiger partial charge is 0.467 e. The summed E-state index contributed by atoms with van der Waals surface area (Å²) >= 11 is 0. The van der Waals surface area contributed by atoms with E-state index >= 15 is 0 Å². The van der Waals surface area contributed by atoms with E-state index in [2.05, 4.69) is 51.3 Å². The zero-order valence-electron chi connectivity index (χ0n) is 20.9. The van der Waals surface area contributed by atoms with Crippen LogP contribution >= 0.6 is 0 Å². The van der Waals surface area contributed by atoms with Crippen LogP contribution in [0.4, 0.5) is 0 Å². The Morgan fingerprint density at radius 2 is 1.97 bits per heavy atom. The Morgan fingerprint density at radius 3 is 2.71 bits per heavy atom. The quantitative estimate of drug-likeness (QED) is 0.623. The lowest BCUT2D eigenvalue weighted by Crippen LogP contribution is -2.51. The van der Waals surface area contributed by atoms with Gasteiger partial charge in [0.2, 0.25) is 5.91 Å². The van der Waals surface area contributed by atoms with Crippen molar-refractivity contribution in [3.63, 3.8) is 0 Å². The van der Waals surface area contributed by atoms with Crippen molar-refractivity contribution in [3.8, 4) is 0 Å². The van der Waals surface area contributed by atoms with E-state index in [1.54, 1.807) is 0 Å². The molecule has 35 heavy (non-hydrogen) atoms. The molecule has 0 aliphatic carbocycles. The maximum absolute atomic E-state index is 13.6. The number of aromatic nitrogens is 1. The summed E-state index contributed by atoms with van der Waals surface area (Å²) in [7, 11) is 1.30. The van der Waals surface area contributed by atoms with Crippen molar-refractivity contribution in [1.82, 2.24) is 20.1 Å². The van der Waals surface area contributed by atoms with Gasteiger partial charge in [0.05, 0.1) is 25.2 Å². The van der Waals surface area contributed by atoms with Crippen LogP contribution in [-0.2, 0) is 25.5 Å².